The summed E-state index contributed by atoms with van der Waals surface area (Å²) < 4.78 is 32.5. The molecule has 0 bridgehead atoms. The third-order valence-corrected chi connectivity index (χ3v) is 9.67. The maximum atomic E-state index is 12.6. The molecule has 12 nitrogen and oxygen atoms in total. The van der Waals surface area contributed by atoms with Crippen LogP contribution in [0.1, 0.15) is 149 Å². The second-order valence-corrected chi connectivity index (χ2v) is 15.8. The highest BCUT2D eigenvalue weighted by Gasteiger charge is 2.28. The number of unbranched alkanes of at least 4 members (excludes halogenated alkanes) is 10. The fourth-order valence-corrected chi connectivity index (χ4v) is 6.02. The first-order chi connectivity index (χ1) is 28.5. The number of aliphatic hydroxyl groups excluding tert-OH is 1. The van der Waals surface area contributed by atoms with Crippen LogP contribution in [0.15, 0.2) is 85.1 Å². The van der Waals surface area contributed by atoms with Crippen molar-refractivity contribution < 1.29 is 52.6 Å². The Kier molecular flexibility index (Phi) is 37.8. The minimum Gasteiger partial charge on any atom is -0.480 e. The molecule has 0 aliphatic rings. The van der Waals surface area contributed by atoms with E-state index in [9.17, 15) is 28.9 Å². The Bertz CT molecular complexity index is 1340. The van der Waals surface area contributed by atoms with Crippen LogP contribution in [0.2, 0.25) is 0 Å². The van der Waals surface area contributed by atoms with Gasteiger partial charge < -0.3 is 30.3 Å². The zero-order valence-electron chi connectivity index (χ0n) is 35.9. The van der Waals surface area contributed by atoms with E-state index in [-0.39, 0.29) is 25.7 Å². The first-order valence-corrected chi connectivity index (χ1v) is 23.2. The minimum absolute atomic E-state index is 0.0790. The van der Waals surface area contributed by atoms with Crippen LogP contribution in [0.5, 0.6) is 0 Å². The highest BCUT2D eigenvalue weighted by molar-refractivity contribution is 7.47. The molecule has 13 heteroatoms. The van der Waals surface area contributed by atoms with E-state index in [1.165, 1.54) is 57.8 Å². The quantitative estimate of drug-likeness (QED) is 0.0151. The minimum atomic E-state index is -4.79. The lowest BCUT2D eigenvalue weighted by atomic mass is 10.1. The van der Waals surface area contributed by atoms with Crippen LogP contribution in [0.25, 0.3) is 0 Å². The molecule has 4 atom stereocenters. The molecule has 336 valence electrons. The summed E-state index contributed by atoms with van der Waals surface area (Å²) >= 11 is 0. The lowest BCUT2D eigenvalue weighted by molar-refractivity contribution is -0.161. The summed E-state index contributed by atoms with van der Waals surface area (Å²) in [6.45, 7) is 2.50. The molecule has 0 rings (SSSR count). The van der Waals surface area contributed by atoms with Gasteiger partial charge in [-0.2, -0.15) is 0 Å². The molecule has 0 amide bonds. The summed E-state index contributed by atoms with van der Waals surface area (Å²) in [7, 11) is -4.79. The van der Waals surface area contributed by atoms with Crippen molar-refractivity contribution in [1.29, 1.82) is 0 Å². The van der Waals surface area contributed by atoms with Crippen molar-refractivity contribution in [3.8, 4) is 0 Å². The number of carboxylic acid groups (broad SMARTS) is 1. The van der Waals surface area contributed by atoms with Crippen LogP contribution in [0, 0.1) is 0 Å². The number of hydrogen-bond acceptors (Lipinski definition) is 10. The van der Waals surface area contributed by atoms with E-state index in [4.69, 9.17) is 24.8 Å². The average Bonchev–Trinajstić information content (AvgIpc) is 3.20. The third-order valence-electron chi connectivity index (χ3n) is 8.72. The molecule has 59 heavy (non-hydrogen) atoms. The van der Waals surface area contributed by atoms with Gasteiger partial charge in [0.05, 0.1) is 19.3 Å². The number of phosphoric ester groups is 1. The zero-order valence-corrected chi connectivity index (χ0v) is 36.8. The van der Waals surface area contributed by atoms with Gasteiger partial charge in [0.2, 0.25) is 0 Å². The standard InChI is InChI=1S/C46H76NO11P/c1-3-5-7-9-11-13-15-17-18-19-20-22-24-26-28-30-32-36-44(49)55-38-42(39-56-59(53,54)57-40-43(47)46(51)52)58-45(50)37-33-35-41(48)34-31-29-27-25-23-21-16-14-12-10-8-6-4-2/h11,13,17-18,20-23,26-29,31,34,41-43,48H,3-10,12,14-16,19,24-25,30,32-33,35-40,47H2,1-2H3,(H,51,52)(H,53,54)/b13-11-,18-17-,22-20-,23-21+,28-26-,29-27+,34-31+/t41?,42-,43+/m1/s1. The summed E-state index contributed by atoms with van der Waals surface area (Å²) in [5.74, 6) is -2.68. The molecule has 0 radical (unpaired) electrons. The fraction of sp³-hybridized carbons (Fsp3) is 0.630. The van der Waals surface area contributed by atoms with E-state index >= 15 is 0 Å². The van der Waals surface area contributed by atoms with Crippen molar-refractivity contribution >= 4 is 25.7 Å². The second-order valence-electron chi connectivity index (χ2n) is 14.3. The summed E-state index contributed by atoms with van der Waals surface area (Å²) in [6, 6.07) is -1.56. The summed E-state index contributed by atoms with van der Waals surface area (Å²) in [6.07, 6.45) is 45.4. The molecule has 0 heterocycles. The molecule has 2 unspecified atom stereocenters. The molecular formula is C46H76NO11P. The number of ether oxygens (including phenoxy) is 2. The second kappa shape index (κ2) is 40.0. The van der Waals surface area contributed by atoms with Crippen LogP contribution < -0.4 is 5.73 Å². The number of allylic oxidation sites excluding steroid dienone is 13. The van der Waals surface area contributed by atoms with Crippen molar-refractivity contribution in [1.82, 2.24) is 0 Å². The number of hydrogen-bond donors (Lipinski definition) is 4. The van der Waals surface area contributed by atoms with Gasteiger partial charge in [0, 0.05) is 12.8 Å². The smallest absolute Gasteiger partial charge is 0.472 e. The van der Waals surface area contributed by atoms with E-state index in [0.717, 1.165) is 38.5 Å². The predicted octanol–water partition coefficient (Wildman–Crippen LogP) is 10.5. The highest BCUT2D eigenvalue weighted by atomic mass is 31.2. The molecule has 0 saturated carbocycles. The van der Waals surface area contributed by atoms with Gasteiger partial charge in [-0.25, -0.2) is 4.57 Å². The van der Waals surface area contributed by atoms with E-state index in [1.54, 1.807) is 12.2 Å². The van der Waals surface area contributed by atoms with Gasteiger partial charge in [-0.1, -0.05) is 144 Å². The van der Waals surface area contributed by atoms with Gasteiger partial charge in [0.1, 0.15) is 12.6 Å². The number of carbonyl (C=O) groups excluding carboxylic acids is 2. The topological polar surface area (TPSA) is 192 Å². The van der Waals surface area contributed by atoms with Gasteiger partial charge in [-0.15, -0.1) is 0 Å². The Labute approximate surface area is 355 Å². The van der Waals surface area contributed by atoms with E-state index in [1.807, 2.05) is 24.3 Å². The first kappa shape index (κ1) is 55.6. The number of carboxylic acids is 1. The van der Waals surface area contributed by atoms with Gasteiger partial charge in [0.25, 0.3) is 0 Å². The van der Waals surface area contributed by atoms with Crippen LogP contribution in [-0.2, 0) is 37.5 Å². The number of aliphatic hydroxyl groups is 1. The van der Waals surface area contributed by atoms with E-state index < -0.39 is 63.8 Å². The Morgan fingerprint density at radius 3 is 1.71 bits per heavy atom. The largest absolute Gasteiger partial charge is 0.480 e. The summed E-state index contributed by atoms with van der Waals surface area (Å²) in [5, 5.41) is 19.2. The van der Waals surface area contributed by atoms with Gasteiger partial charge in [-0.05, 0) is 77.0 Å². The van der Waals surface area contributed by atoms with Crippen molar-refractivity contribution in [2.45, 2.75) is 167 Å². The molecular weight excluding hydrogens is 773 g/mol. The monoisotopic (exact) mass is 850 g/mol. The van der Waals surface area contributed by atoms with Crippen molar-refractivity contribution in [3.05, 3.63) is 85.1 Å². The molecule has 0 aromatic heterocycles. The molecule has 0 spiro atoms. The average molecular weight is 850 g/mol. The number of aliphatic carboxylic acids is 1. The lowest BCUT2D eigenvalue weighted by Gasteiger charge is -2.20. The lowest BCUT2D eigenvalue weighted by Crippen LogP contribution is -2.34. The fourth-order valence-electron chi connectivity index (χ4n) is 5.24. The van der Waals surface area contributed by atoms with E-state index in [2.05, 4.69) is 67.0 Å². The van der Waals surface area contributed by atoms with Crippen molar-refractivity contribution in [3.63, 3.8) is 0 Å². The molecule has 0 fully saturated rings. The number of esters is 2. The predicted molar refractivity (Wildman–Crippen MR) is 236 cm³/mol. The molecule has 0 aromatic rings. The summed E-state index contributed by atoms with van der Waals surface area (Å²) in [4.78, 5) is 45.9. The normalized spacial score (nSPS) is 15.1. The van der Waals surface area contributed by atoms with Crippen LogP contribution in [-0.4, -0.2) is 71.1 Å². The van der Waals surface area contributed by atoms with Gasteiger partial charge in [-0.3, -0.25) is 23.4 Å². The molecule has 0 aromatic carbocycles. The molecule has 5 N–H and O–H groups in total. The van der Waals surface area contributed by atoms with Crippen LogP contribution in [0.4, 0.5) is 0 Å². The summed E-state index contributed by atoms with van der Waals surface area (Å²) in [5.41, 5.74) is 5.32. The number of phosphoric acid groups is 1. The van der Waals surface area contributed by atoms with Crippen molar-refractivity contribution in [2.75, 3.05) is 19.8 Å². The van der Waals surface area contributed by atoms with Crippen LogP contribution >= 0.6 is 7.82 Å². The van der Waals surface area contributed by atoms with Gasteiger partial charge in [0.15, 0.2) is 6.10 Å². The Balaban J connectivity index is 4.67. The number of nitrogens with two attached hydrogens (primary N) is 1. The highest BCUT2D eigenvalue weighted by Crippen LogP contribution is 2.43. The molecule has 0 aliphatic heterocycles. The Morgan fingerprint density at radius 2 is 1.10 bits per heavy atom. The number of rotatable bonds is 39. The maximum absolute atomic E-state index is 12.6. The maximum Gasteiger partial charge on any atom is 0.472 e. The Hall–Kier alpha value is -3.38. The first-order valence-electron chi connectivity index (χ1n) is 21.7. The SMILES string of the molecule is CCCCC/C=C\C/C=C\C/C=C\C/C=C\CCCC(=O)OC[C@H](COP(=O)(O)OC[C@H](N)C(=O)O)OC(=O)CCCC(O)/C=C/C=C/C/C=C/CCCCCCCC. The molecule has 0 aliphatic carbocycles. The third kappa shape index (κ3) is 39.8. The Morgan fingerprint density at radius 1 is 0.610 bits per heavy atom. The van der Waals surface area contributed by atoms with Crippen LogP contribution in [0.3, 0.4) is 0 Å². The van der Waals surface area contributed by atoms with Gasteiger partial charge >= 0.3 is 25.7 Å². The number of carbonyl (C=O) groups is 3. The molecule has 0 saturated heterocycles. The van der Waals surface area contributed by atoms with E-state index in [0.29, 0.717) is 12.8 Å². The van der Waals surface area contributed by atoms with Crippen molar-refractivity contribution in [2.24, 2.45) is 5.73 Å². The zero-order chi connectivity index (χ0) is 43.7.